The first-order valence-electron chi connectivity index (χ1n) is 5.32. The second kappa shape index (κ2) is 4.11. The van der Waals surface area contributed by atoms with Crippen molar-refractivity contribution in [1.29, 1.82) is 0 Å². The number of carboxylic acids is 1. The van der Waals surface area contributed by atoms with Gasteiger partial charge in [-0.1, -0.05) is 26.7 Å². The summed E-state index contributed by atoms with van der Waals surface area (Å²) < 4.78 is 0. The van der Waals surface area contributed by atoms with Gasteiger partial charge >= 0.3 is 5.97 Å². The highest BCUT2D eigenvalue weighted by molar-refractivity contribution is 6.03. The highest BCUT2D eigenvalue weighted by atomic mass is 16.4. The Labute approximate surface area is 84.5 Å². The first-order valence-corrected chi connectivity index (χ1v) is 5.32. The molecule has 0 aromatic rings. The van der Waals surface area contributed by atoms with Gasteiger partial charge in [0.05, 0.1) is 0 Å². The molecule has 0 radical (unpaired) electrons. The topological polar surface area (TPSA) is 54.4 Å². The lowest BCUT2D eigenvalue weighted by Gasteiger charge is -2.36. The standard InChI is InChI=1S/C11H18O3/c1-3-8(2)11(10(13)14)7-5-4-6-9(11)12/h8H,3-7H2,1-2H3,(H,13,14). The maximum Gasteiger partial charge on any atom is 0.317 e. The Morgan fingerprint density at radius 2 is 2.21 bits per heavy atom. The molecule has 0 aromatic carbocycles. The Balaban J connectivity index is 3.01. The molecule has 1 fully saturated rings. The van der Waals surface area contributed by atoms with E-state index in [0.29, 0.717) is 12.8 Å². The van der Waals surface area contributed by atoms with Crippen LogP contribution in [0.2, 0.25) is 0 Å². The minimum absolute atomic E-state index is 0.0483. The van der Waals surface area contributed by atoms with E-state index in [2.05, 4.69) is 0 Å². The number of carboxylic acid groups (broad SMARTS) is 1. The molecule has 2 unspecified atom stereocenters. The van der Waals surface area contributed by atoms with Gasteiger partial charge in [-0.05, 0) is 18.8 Å². The van der Waals surface area contributed by atoms with E-state index in [9.17, 15) is 14.7 Å². The first-order chi connectivity index (χ1) is 6.55. The van der Waals surface area contributed by atoms with Crippen molar-refractivity contribution in [2.24, 2.45) is 11.3 Å². The van der Waals surface area contributed by atoms with Crippen LogP contribution in [0.15, 0.2) is 0 Å². The normalized spacial score (nSPS) is 30.0. The summed E-state index contributed by atoms with van der Waals surface area (Å²) in [5.41, 5.74) is -1.08. The maximum atomic E-state index is 11.8. The molecule has 14 heavy (non-hydrogen) atoms. The molecule has 0 spiro atoms. The van der Waals surface area contributed by atoms with Crippen LogP contribution in [-0.4, -0.2) is 16.9 Å². The number of rotatable bonds is 3. The lowest BCUT2D eigenvalue weighted by molar-refractivity contribution is -0.161. The average Bonchev–Trinajstić information content (AvgIpc) is 2.17. The summed E-state index contributed by atoms with van der Waals surface area (Å²) in [5, 5.41) is 9.24. The summed E-state index contributed by atoms with van der Waals surface area (Å²) in [5.74, 6) is -1.03. The summed E-state index contributed by atoms with van der Waals surface area (Å²) >= 11 is 0. The predicted molar refractivity (Wildman–Crippen MR) is 53.0 cm³/mol. The molecule has 0 heterocycles. The molecule has 80 valence electrons. The van der Waals surface area contributed by atoms with E-state index in [-0.39, 0.29) is 11.7 Å². The van der Waals surface area contributed by atoms with Crippen molar-refractivity contribution in [1.82, 2.24) is 0 Å². The fourth-order valence-corrected chi connectivity index (χ4v) is 2.36. The minimum atomic E-state index is -1.08. The lowest BCUT2D eigenvalue weighted by atomic mass is 9.65. The quantitative estimate of drug-likeness (QED) is 0.707. The van der Waals surface area contributed by atoms with Gasteiger partial charge in [0.1, 0.15) is 11.2 Å². The average molecular weight is 198 g/mol. The summed E-state index contributed by atoms with van der Waals surface area (Å²) in [4.78, 5) is 23.0. The van der Waals surface area contributed by atoms with E-state index in [1.165, 1.54) is 0 Å². The lowest BCUT2D eigenvalue weighted by Crippen LogP contribution is -2.46. The number of ketones is 1. The molecule has 2 atom stereocenters. The highest BCUT2D eigenvalue weighted by Gasteiger charge is 2.50. The van der Waals surface area contributed by atoms with Crippen molar-refractivity contribution in [3.05, 3.63) is 0 Å². The zero-order valence-corrected chi connectivity index (χ0v) is 8.88. The Morgan fingerprint density at radius 3 is 2.64 bits per heavy atom. The second-order valence-corrected chi connectivity index (χ2v) is 4.22. The van der Waals surface area contributed by atoms with Crippen LogP contribution < -0.4 is 0 Å². The number of carbonyl (C=O) groups is 2. The van der Waals surface area contributed by atoms with E-state index in [4.69, 9.17) is 0 Å². The van der Waals surface area contributed by atoms with Gasteiger partial charge in [0.2, 0.25) is 0 Å². The van der Waals surface area contributed by atoms with E-state index >= 15 is 0 Å². The van der Waals surface area contributed by atoms with Crippen LogP contribution in [0.1, 0.15) is 46.0 Å². The van der Waals surface area contributed by atoms with Gasteiger partial charge in [0.15, 0.2) is 0 Å². The van der Waals surface area contributed by atoms with Crippen LogP contribution in [0.25, 0.3) is 0 Å². The summed E-state index contributed by atoms with van der Waals surface area (Å²) in [6.45, 7) is 3.81. The summed E-state index contributed by atoms with van der Waals surface area (Å²) in [6, 6.07) is 0. The third-order valence-electron chi connectivity index (χ3n) is 3.56. The molecule has 1 aliphatic carbocycles. The molecule has 0 bridgehead atoms. The molecule has 0 saturated heterocycles. The maximum absolute atomic E-state index is 11.8. The Morgan fingerprint density at radius 1 is 1.57 bits per heavy atom. The molecular formula is C11H18O3. The fraction of sp³-hybridized carbons (Fsp3) is 0.818. The van der Waals surface area contributed by atoms with Crippen molar-refractivity contribution in [3.63, 3.8) is 0 Å². The number of Topliss-reactive ketones (excluding diaryl/α,β-unsaturated/α-hetero) is 1. The summed E-state index contributed by atoms with van der Waals surface area (Å²) in [6.07, 6.45) is 3.43. The van der Waals surface area contributed by atoms with Crippen LogP contribution in [-0.2, 0) is 9.59 Å². The zero-order valence-electron chi connectivity index (χ0n) is 8.88. The monoisotopic (exact) mass is 198 g/mol. The van der Waals surface area contributed by atoms with Crippen LogP contribution in [0, 0.1) is 11.3 Å². The van der Waals surface area contributed by atoms with Gasteiger partial charge in [-0.2, -0.15) is 0 Å². The van der Waals surface area contributed by atoms with Crippen molar-refractivity contribution in [2.75, 3.05) is 0 Å². The van der Waals surface area contributed by atoms with Crippen molar-refractivity contribution in [3.8, 4) is 0 Å². The van der Waals surface area contributed by atoms with Gasteiger partial charge in [0.25, 0.3) is 0 Å². The number of hydrogen-bond acceptors (Lipinski definition) is 2. The third kappa shape index (κ3) is 1.56. The Bertz CT molecular complexity index is 247. The summed E-state index contributed by atoms with van der Waals surface area (Å²) in [7, 11) is 0. The van der Waals surface area contributed by atoms with E-state index in [0.717, 1.165) is 19.3 Å². The highest BCUT2D eigenvalue weighted by Crippen LogP contribution is 2.41. The van der Waals surface area contributed by atoms with Crippen LogP contribution in [0.5, 0.6) is 0 Å². The van der Waals surface area contributed by atoms with Crippen molar-refractivity contribution >= 4 is 11.8 Å². The molecule has 1 N–H and O–H groups in total. The van der Waals surface area contributed by atoms with Crippen LogP contribution >= 0.6 is 0 Å². The minimum Gasteiger partial charge on any atom is -0.480 e. The smallest absolute Gasteiger partial charge is 0.317 e. The Hall–Kier alpha value is -0.860. The molecule has 1 aliphatic rings. The van der Waals surface area contributed by atoms with E-state index in [1.54, 1.807) is 0 Å². The number of aliphatic carboxylic acids is 1. The largest absolute Gasteiger partial charge is 0.480 e. The third-order valence-corrected chi connectivity index (χ3v) is 3.56. The fourth-order valence-electron chi connectivity index (χ4n) is 2.36. The Kier molecular flexibility index (Phi) is 3.29. The SMILES string of the molecule is CCC(C)C1(C(=O)O)CCCCC1=O. The van der Waals surface area contributed by atoms with Crippen molar-refractivity contribution in [2.45, 2.75) is 46.0 Å². The van der Waals surface area contributed by atoms with E-state index in [1.807, 2.05) is 13.8 Å². The molecule has 1 rings (SSSR count). The molecule has 0 aromatic heterocycles. The molecule has 0 aliphatic heterocycles. The van der Waals surface area contributed by atoms with Crippen LogP contribution in [0.3, 0.4) is 0 Å². The zero-order chi connectivity index (χ0) is 10.8. The van der Waals surface area contributed by atoms with Gasteiger partial charge < -0.3 is 5.11 Å². The number of carbonyl (C=O) groups excluding carboxylic acids is 1. The van der Waals surface area contributed by atoms with E-state index < -0.39 is 11.4 Å². The van der Waals surface area contributed by atoms with Gasteiger partial charge in [-0.3, -0.25) is 9.59 Å². The molecule has 3 nitrogen and oxygen atoms in total. The van der Waals surface area contributed by atoms with Gasteiger partial charge in [-0.15, -0.1) is 0 Å². The van der Waals surface area contributed by atoms with Gasteiger partial charge in [-0.25, -0.2) is 0 Å². The van der Waals surface area contributed by atoms with Crippen molar-refractivity contribution < 1.29 is 14.7 Å². The second-order valence-electron chi connectivity index (χ2n) is 4.22. The first kappa shape index (κ1) is 11.2. The molecule has 0 amide bonds. The number of hydrogen-bond donors (Lipinski definition) is 1. The predicted octanol–water partition coefficient (Wildman–Crippen LogP) is 2.25. The molecule has 1 saturated carbocycles. The molecular weight excluding hydrogens is 180 g/mol. The molecule has 3 heteroatoms. The van der Waals surface area contributed by atoms with Crippen LogP contribution in [0.4, 0.5) is 0 Å². The van der Waals surface area contributed by atoms with Gasteiger partial charge in [0, 0.05) is 6.42 Å².